The molecule has 9 nitrogen and oxygen atoms in total. The summed E-state index contributed by atoms with van der Waals surface area (Å²) in [6.07, 6.45) is 6.82. The number of ether oxygens (including phenoxy) is 2. The maximum atomic E-state index is 12.9. The van der Waals surface area contributed by atoms with Gasteiger partial charge in [-0.25, -0.2) is 13.2 Å². The highest BCUT2D eigenvalue weighted by molar-refractivity contribution is 7.96. The van der Waals surface area contributed by atoms with E-state index in [2.05, 4.69) is 11.9 Å². The smallest absolute Gasteiger partial charge is 0.350 e. The van der Waals surface area contributed by atoms with Crippen molar-refractivity contribution in [2.45, 2.75) is 51.3 Å². The third-order valence-electron chi connectivity index (χ3n) is 5.14. The fraction of sp³-hybridized carbons (Fsp3) is 0.444. The van der Waals surface area contributed by atoms with E-state index in [1.54, 1.807) is 38.2 Å². The van der Waals surface area contributed by atoms with Crippen molar-refractivity contribution in [3.8, 4) is 0 Å². The Morgan fingerprint density at radius 1 is 1.05 bits per heavy atom. The number of benzene rings is 1. The molecule has 0 radical (unpaired) electrons. The zero-order chi connectivity index (χ0) is 27.7. The van der Waals surface area contributed by atoms with E-state index in [0.717, 1.165) is 12.8 Å². The minimum Gasteiger partial charge on any atom is -0.464 e. The van der Waals surface area contributed by atoms with Crippen molar-refractivity contribution in [2.75, 3.05) is 32.8 Å². The van der Waals surface area contributed by atoms with Crippen LogP contribution < -0.4 is 5.32 Å². The fourth-order valence-corrected chi connectivity index (χ4v) is 4.36. The zero-order valence-corrected chi connectivity index (χ0v) is 22.7. The van der Waals surface area contributed by atoms with E-state index in [4.69, 9.17) is 9.47 Å². The van der Waals surface area contributed by atoms with E-state index in [0.29, 0.717) is 38.0 Å². The van der Waals surface area contributed by atoms with Crippen LogP contribution in [0.1, 0.15) is 46.5 Å². The highest BCUT2D eigenvalue weighted by atomic mass is 32.2. The summed E-state index contributed by atoms with van der Waals surface area (Å²) in [4.78, 5) is 37.1. The summed E-state index contributed by atoms with van der Waals surface area (Å²) in [6, 6.07) is 7.68. The van der Waals surface area contributed by atoms with Gasteiger partial charge in [0.1, 0.15) is 6.61 Å². The lowest BCUT2D eigenvalue weighted by Gasteiger charge is -2.17. The maximum Gasteiger partial charge on any atom is 0.350 e. The number of nitrogens with one attached hydrogen (secondary N) is 1. The van der Waals surface area contributed by atoms with Gasteiger partial charge in [0.05, 0.1) is 18.0 Å². The first-order valence-electron chi connectivity index (χ1n) is 12.3. The van der Waals surface area contributed by atoms with Gasteiger partial charge in [0.2, 0.25) is 15.7 Å². The van der Waals surface area contributed by atoms with Crippen LogP contribution in [0, 0.1) is 0 Å². The molecule has 1 rings (SSSR count). The number of allylic oxidation sites excluding steroid dienone is 2. The topological polar surface area (TPSA) is 119 Å². The van der Waals surface area contributed by atoms with Gasteiger partial charge in [-0.05, 0) is 64.1 Å². The van der Waals surface area contributed by atoms with Gasteiger partial charge in [-0.15, -0.1) is 0 Å². The minimum absolute atomic E-state index is 0.00132. The largest absolute Gasteiger partial charge is 0.464 e. The van der Waals surface area contributed by atoms with Gasteiger partial charge in [-0.3, -0.25) is 9.59 Å². The molecule has 0 saturated carbocycles. The molecule has 1 amide bonds. The molecule has 1 N–H and O–H groups in total. The first kappa shape index (κ1) is 31.6. The van der Waals surface area contributed by atoms with Gasteiger partial charge < -0.3 is 19.7 Å². The molecule has 0 saturated heterocycles. The van der Waals surface area contributed by atoms with Crippen LogP contribution in [0.3, 0.4) is 0 Å². The van der Waals surface area contributed by atoms with E-state index in [9.17, 15) is 22.8 Å². The molecule has 0 heterocycles. The predicted octanol–water partition coefficient (Wildman–Crippen LogP) is 3.54. The molecular weight excluding hydrogens is 496 g/mol. The minimum atomic E-state index is -4.06. The first-order valence-corrected chi connectivity index (χ1v) is 13.8. The highest BCUT2D eigenvalue weighted by Crippen LogP contribution is 2.20. The van der Waals surface area contributed by atoms with E-state index in [-0.39, 0.29) is 30.0 Å². The number of sulfone groups is 1. The molecule has 0 aliphatic carbocycles. The Bertz CT molecular complexity index is 1060. The van der Waals surface area contributed by atoms with E-state index in [1.807, 2.05) is 11.8 Å². The van der Waals surface area contributed by atoms with Crippen LogP contribution in [0.4, 0.5) is 0 Å². The molecule has 0 spiro atoms. The van der Waals surface area contributed by atoms with Crippen LogP contribution in [0.5, 0.6) is 0 Å². The Balaban J connectivity index is 2.57. The second kappa shape index (κ2) is 17.1. The molecule has 0 unspecified atom stereocenters. The third-order valence-corrected chi connectivity index (χ3v) is 6.92. The maximum absolute atomic E-state index is 12.9. The summed E-state index contributed by atoms with van der Waals surface area (Å²) in [7, 11) is -4.06. The number of carbonyl (C=O) groups is 3. The van der Waals surface area contributed by atoms with Crippen molar-refractivity contribution in [1.29, 1.82) is 0 Å². The number of amides is 1. The predicted molar refractivity (Wildman–Crippen MR) is 142 cm³/mol. The number of rotatable bonds is 17. The second-order valence-electron chi connectivity index (χ2n) is 8.11. The summed E-state index contributed by atoms with van der Waals surface area (Å²) >= 11 is 0. The van der Waals surface area contributed by atoms with Gasteiger partial charge >= 0.3 is 11.9 Å². The summed E-state index contributed by atoms with van der Waals surface area (Å²) in [5.41, 5.74) is 0.465. The molecule has 0 bridgehead atoms. The van der Waals surface area contributed by atoms with Gasteiger partial charge in [-0.2, -0.15) is 0 Å². The summed E-state index contributed by atoms with van der Waals surface area (Å²) in [6.45, 7) is 10.5. The number of carbonyl (C=O) groups excluding carboxylic acids is 3. The van der Waals surface area contributed by atoms with Crippen LogP contribution in [-0.4, -0.2) is 64.0 Å². The molecule has 0 aromatic heterocycles. The van der Waals surface area contributed by atoms with E-state index < -0.39 is 20.7 Å². The Labute approximate surface area is 220 Å². The standard InChI is InChI=1S/C27H38N2O7S/c1-5-29(20-21-36-25(30)17-11-8-12-18-28-26(31)22(3)4)19-13-16-24(27(32)35-6-2)37(33,34)23-14-9-7-10-15-23/h7,9-10,13-16,19H,3,5-6,8,11-12,17-18,20-21H2,1-2,4H3,(H,28,31). The molecule has 37 heavy (non-hydrogen) atoms. The Kier molecular flexibility index (Phi) is 14.6. The van der Waals surface area contributed by atoms with Crippen molar-refractivity contribution in [3.05, 3.63) is 65.7 Å². The lowest BCUT2D eigenvalue weighted by Crippen LogP contribution is -2.24. The summed E-state index contributed by atoms with van der Waals surface area (Å²) < 4.78 is 36.1. The SMILES string of the molecule is C=C(C)C(=O)NCCCCCC(=O)OCCN(C=CC=C(C(=O)OCC)S(=O)(=O)c1ccccc1)CC. The van der Waals surface area contributed by atoms with Crippen LogP contribution >= 0.6 is 0 Å². The van der Waals surface area contributed by atoms with Gasteiger partial charge in [-0.1, -0.05) is 31.2 Å². The Morgan fingerprint density at radius 3 is 2.38 bits per heavy atom. The third kappa shape index (κ3) is 11.9. The zero-order valence-electron chi connectivity index (χ0n) is 21.9. The van der Waals surface area contributed by atoms with Crippen LogP contribution in [0.15, 0.2) is 70.6 Å². The molecular formula is C27H38N2O7S. The number of hydrogen-bond donors (Lipinski definition) is 1. The molecule has 0 aliphatic rings. The van der Waals surface area contributed by atoms with E-state index >= 15 is 0 Å². The molecule has 0 atom stereocenters. The quantitative estimate of drug-likeness (QED) is 0.140. The average Bonchev–Trinajstić information content (AvgIpc) is 2.87. The van der Waals surface area contributed by atoms with Gasteiger partial charge in [0.15, 0.2) is 4.91 Å². The van der Waals surface area contributed by atoms with Crippen molar-refractivity contribution >= 4 is 27.7 Å². The normalized spacial score (nSPS) is 11.7. The van der Waals surface area contributed by atoms with Crippen LogP contribution in [0.25, 0.3) is 0 Å². The average molecular weight is 535 g/mol. The summed E-state index contributed by atoms with van der Waals surface area (Å²) in [5, 5.41) is 2.75. The molecule has 1 aromatic carbocycles. The lowest BCUT2D eigenvalue weighted by atomic mass is 10.2. The number of hydrogen-bond acceptors (Lipinski definition) is 8. The van der Waals surface area contributed by atoms with Crippen molar-refractivity contribution in [2.24, 2.45) is 0 Å². The van der Waals surface area contributed by atoms with Gasteiger partial charge in [0, 0.05) is 25.1 Å². The van der Waals surface area contributed by atoms with Crippen molar-refractivity contribution < 1.29 is 32.3 Å². The molecule has 10 heteroatoms. The van der Waals surface area contributed by atoms with Crippen molar-refractivity contribution in [1.82, 2.24) is 10.2 Å². The molecule has 204 valence electrons. The van der Waals surface area contributed by atoms with E-state index in [1.165, 1.54) is 24.3 Å². The molecule has 0 fully saturated rings. The number of nitrogens with zero attached hydrogens (tertiary/aromatic N) is 1. The number of likely N-dealkylation sites (N-methyl/N-ethyl adjacent to an activating group) is 1. The highest BCUT2D eigenvalue weighted by Gasteiger charge is 2.27. The van der Waals surface area contributed by atoms with Crippen LogP contribution in [-0.2, 0) is 33.7 Å². The monoisotopic (exact) mass is 534 g/mol. The fourth-order valence-electron chi connectivity index (χ4n) is 3.06. The van der Waals surface area contributed by atoms with Gasteiger partial charge in [0.25, 0.3) is 0 Å². The number of unbranched alkanes of at least 4 members (excludes halogenated alkanes) is 2. The first-order chi connectivity index (χ1) is 17.6. The second-order valence-corrected chi connectivity index (χ2v) is 10.0. The summed E-state index contributed by atoms with van der Waals surface area (Å²) in [5.74, 6) is -1.39. The van der Waals surface area contributed by atoms with Crippen LogP contribution in [0.2, 0.25) is 0 Å². The lowest BCUT2D eigenvalue weighted by molar-refractivity contribution is -0.144. The van der Waals surface area contributed by atoms with Crippen molar-refractivity contribution in [3.63, 3.8) is 0 Å². The Hall–Kier alpha value is -3.40. The molecule has 1 aromatic rings. The molecule has 0 aliphatic heterocycles. The Morgan fingerprint density at radius 2 is 1.76 bits per heavy atom. The number of esters is 2.